The fourth-order valence-corrected chi connectivity index (χ4v) is 5.77. The van der Waals surface area contributed by atoms with Gasteiger partial charge in [-0.25, -0.2) is 0 Å². The van der Waals surface area contributed by atoms with Gasteiger partial charge >= 0.3 is 0 Å². The Morgan fingerprint density at radius 1 is 0.263 bits per heavy atom. The van der Waals surface area contributed by atoms with E-state index in [2.05, 4.69) is 0 Å². The molecule has 0 aliphatic rings. The number of benzene rings is 7. The highest BCUT2D eigenvalue weighted by Crippen LogP contribution is 2.59. The zero-order chi connectivity index (χ0) is 26.6. The summed E-state index contributed by atoms with van der Waals surface area (Å²) in [6.45, 7) is 0. The fourth-order valence-electron chi connectivity index (χ4n) is 5.77. The molecule has 7 aromatic rings. The van der Waals surface area contributed by atoms with Gasteiger partial charge in [-0.1, -0.05) is 48.5 Å². The van der Waals surface area contributed by atoms with Crippen molar-refractivity contribution in [2.75, 3.05) is 0 Å². The Hall–Kier alpha value is -5.50. The standard InChI is InChI=1S/C30H18O8/c31-23-19-17-9-15-13-7-3-1-5-11(13)12-6-2-4-8-14(12)16(15)10-18(17)20-22(21(19)25(33)29(37)27(23)35)26(34)30(38)28(36)24(20)32/h1-10,31-38H. The van der Waals surface area contributed by atoms with Crippen LogP contribution in [0.3, 0.4) is 0 Å². The minimum atomic E-state index is -1.06. The molecule has 0 saturated heterocycles. The number of aromatic hydroxyl groups is 8. The Bertz CT molecular complexity index is 2060. The molecule has 0 heterocycles. The molecular weight excluding hydrogens is 488 g/mol. The monoisotopic (exact) mass is 506 g/mol. The van der Waals surface area contributed by atoms with Crippen LogP contribution in [0.5, 0.6) is 46.0 Å². The van der Waals surface area contributed by atoms with Gasteiger partial charge < -0.3 is 40.9 Å². The van der Waals surface area contributed by atoms with E-state index in [1.807, 2.05) is 48.5 Å². The largest absolute Gasteiger partial charge is 0.504 e. The second kappa shape index (κ2) is 7.04. The van der Waals surface area contributed by atoms with E-state index in [9.17, 15) is 40.9 Å². The van der Waals surface area contributed by atoms with Crippen LogP contribution in [0.2, 0.25) is 0 Å². The molecule has 0 aliphatic heterocycles. The lowest BCUT2D eigenvalue weighted by molar-refractivity contribution is 0.349. The van der Waals surface area contributed by atoms with E-state index in [1.165, 1.54) is 0 Å². The van der Waals surface area contributed by atoms with Crippen LogP contribution >= 0.6 is 0 Å². The molecule has 7 aromatic carbocycles. The van der Waals surface area contributed by atoms with Crippen LogP contribution in [0.4, 0.5) is 0 Å². The second-order valence-electron chi connectivity index (χ2n) is 9.32. The van der Waals surface area contributed by atoms with E-state index in [1.54, 1.807) is 12.1 Å². The summed E-state index contributed by atoms with van der Waals surface area (Å²) in [7, 11) is 0. The van der Waals surface area contributed by atoms with Gasteiger partial charge in [-0.05, 0) is 55.2 Å². The van der Waals surface area contributed by atoms with Crippen LogP contribution in [0.15, 0.2) is 60.7 Å². The lowest BCUT2D eigenvalue weighted by Gasteiger charge is -2.19. The van der Waals surface area contributed by atoms with Gasteiger partial charge in [0.05, 0.1) is 0 Å². The third-order valence-electron chi connectivity index (χ3n) is 7.46. The summed E-state index contributed by atoms with van der Waals surface area (Å²) in [4.78, 5) is 0. The SMILES string of the molecule is Oc1c(O)c(O)c2c(c1O)c1cc3c4ccccc4c4ccccc4c3cc1c1c(O)c(O)c(O)c(O)c12. The van der Waals surface area contributed by atoms with Gasteiger partial charge in [-0.3, -0.25) is 0 Å². The molecule has 186 valence electrons. The summed E-state index contributed by atoms with van der Waals surface area (Å²) in [6.07, 6.45) is 0. The number of phenols is 8. The van der Waals surface area contributed by atoms with Crippen molar-refractivity contribution in [1.82, 2.24) is 0 Å². The maximum absolute atomic E-state index is 11.0. The molecule has 0 spiro atoms. The van der Waals surface area contributed by atoms with Crippen LogP contribution in [0.25, 0.3) is 64.6 Å². The quantitative estimate of drug-likeness (QED) is 0.0518. The predicted octanol–water partition coefficient (Wildman–Crippen LogP) is 6.25. The van der Waals surface area contributed by atoms with Crippen LogP contribution in [-0.2, 0) is 0 Å². The molecule has 0 radical (unpaired) electrons. The smallest absolute Gasteiger partial charge is 0.204 e. The minimum absolute atomic E-state index is 0.140. The lowest BCUT2D eigenvalue weighted by atomic mass is 9.87. The zero-order valence-corrected chi connectivity index (χ0v) is 19.4. The van der Waals surface area contributed by atoms with E-state index in [4.69, 9.17) is 0 Å². The fraction of sp³-hybridized carbons (Fsp3) is 0. The van der Waals surface area contributed by atoms with E-state index in [0.717, 1.165) is 32.3 Å². The second-order valence-corrected chi connectivity index (χ2v) is 9.32. The first-order valence-electron chi connectivity index (χ1n) is 11.6. The summed E-state index contributed by atoms with van der Waals surface area (Å²) in [5, 5.41) is 89.9. The van der Waals surface area contributed by atoms with Crippen LogP contribution in [0, 0.1) is 0 Å². The molecule has 7 rings (SSSR count). The first-order valence-corrected chi connectivity index (χ1v) is 11.6. The molecule has 0 saturated carbocycles. The van der Waals surface area contributed by atoms with Crippen molar-refractivity contribution in [3.05, 3.63) is 60.7 Å². The van der Waals surface area contributed by atoms with Gasteiger partial charge in [0.1, 0.15) is 0 Å². The first kappa shape index (κ1) is 21.8. The molecular formula is C30H18O8. The molecule has 0 aromatic heterocycles. The normalized spacial score (nSPS) is 12.0. The molecule has 0 fully saturated rings. The third kappa shape index (κ3) is 2.43. The molecule has 8 N–H and O–H groups in total. The number of phenolic OH excluding ortho intramolecular Hbond substituents is 8. The number of hydrogen-bond acceptors (Lipinski definition) is 8. The van der Waals surface area contributed by atoms with Crippen molar-refractivity contribution in [3.8, 4) is 46.0 Å². The maximum atomic E-state index is 11.0. The van der Waals surface area contributed by atoms with Crippen molar-refractivity contribution >= 4 is 64.6 Å². The maximum Gasteiger partial charge on any atom is 0.204 e. The topological polar surface area (TPSA) is 162 Å². The summed E-state index contributed by atoms with van der Waals surface area (Å²) >= 11 is 0. The van der Waals surface area contributed by atoms with Gasteiger partial charge in [0, 0.05) is 21.5 Å². The van der Waals surface area contributed by atoms with Crippen LogP contribution < -0.4 is 0 Å². The van der Waals surface area contributed by atoms with Gasteiger partial charge in [0.2, 0.25) is 23.0 Å². The molecule has 8 nitrogen and oxygen atoms in total. The van der Waals surface area contributed by atoms with E-state index in [-0.39, 0.29) is 32.3 Å². The van der Waals surface area contributed by atoms with Gasteiger partial charge in [-0.2, -0.15) is 0 Å². The van der Waals surface area contributed by atoms with Crippen molar-refractivity contribution in [1.29, 1.82) is 0 Å². The molecule has 0 aliphatic carbocycles. The van der Waals surface area contributed by atoms with E-state index >= 15 is 0 Å². The Labute approximate surface area is 212 Å². The Kier molecular flexibility index (Phi) is 4.03. The first-order chi connectivity index (χ1) is 18.2. The van der Waals surface area contributed by atoms with Crippen molar-refractivity contribution in [2.45, 2.75) is 0 Å². The van der Waals surface area contributed by atoms with E-state index in [0.29, 0.717) is 0 Å². The number of fused-ring (bicyclic) bond motifs is 12. The summed E-state index contributed by atoms with van der Waals surface area (Å²) in [6, 6.07) is 18.9. The molecule has 0 atom stereocenters. The highest BCUT2D eigenvalue weighted by Gasteiger charge is 2.29. The van der Waals surface area contributed by atoms with E-state index < -0.39 is 46.0 Å². The predicted molar refractivity (Wildman–Crippen MR) is 145 cm³/mol. The summed E-state index contributed by atoms with van der Waals surface area (Å²) < 4.78 is 0. The summed E-state index contributed by atoms with van der Waals surface area (Å²) in [5.41, 5.74) is 0. The Balaban J connectivity index is 1.92. The lowest BCUT2D eigenvalue weighted by Crippen LogP contribution is -1.90. The number of hydrogen-bond donors (Lipinski definition) is 8. The molecule has 8 heteroatoms. The average Bonchev–Trinajstić information content (AvgIpc) is 2.94. The van der Waals surface area contributed by atoms with Crippen molar-refractivity contribution < 1.29 is 40.9 Å². The Morgan fingerprint density at radius 2 is 0.526 bits per heavy atom. The molecule has 0 amide bonds. The zero-order valence-electron chi connectivity index (χ0n) is 19.4. The van der Waals surface area contributed by atoms with Crippen molar-refractivity contribution in [2.24, 2.45) is 0 Å². The molecule has 0 bridgehead atoms. The highest BCUT2D eigenvalue weighted by atomic mass is 16.4. The van der Waals surface area contributed by atoms with Crippen molar-refractivity contribution in [3.63, 3.8) is 0 Å². The Morgan fingerprint density at radius 3 is 0.842 bits per heavy atom. The van der Waals surface area contributed by atoms with Gasteiger partial charge in [0.15, 0.2) is 23.0 Å². The minimum Gasteiger partial charge on any atom is -0.504 e. The molecule has 0 unspecified atom stereocenters. The van der Waals surface area contributed by atoms with Crippen LogP contribution in [-0.4, -0.2) is 40.9 Å². The highest BCUT2D eigenvalue weighted by molar-refractivity contribution is 6.36. The molecule has 38 heavy (non-hydrogen) atoms. The third-order valence-corrected chi connectivity index (χ3v) is 7.46. The summed E-state index contributed by atoms with van der Waals surface area (Å²) in [5.74, 6) is -7.43. The van der Waals surface area contributed by atoms with Gasteiger partial charge in [-0.15, -0.1) is 0 Å². The number of rotatable bonds is 0. The van der Waals surface area contributed by atoms with Crippen LogP contribution in [0.1, 0.15) is 0 Å². The average molecular weight is 506 g/mol. The van der Waals surface area contributed by atoms with Gasteiger partial charge in [0.25, 0.3) is 0 Å².